The number of pyridine rings is 1. The third-order valence-corrected chi connectivity index (χ3v) is 15.5. The van der Waals surface area contributed by atoms with E-state index in [0.29, 0.717) is 54.7 Å². The molecular formula is C49H53ClFN9O6S. The van der Waals surface area contributed by atoms with E-state index in [-0.39, 0.29) is 46.8 Å². The fourth-order valence-electron chi connectivity index (χ4n) is 9.78. The second kappa shape index (κ2) is 18.1. The summed E-state index contributed by atoms with van der Waals surface area (Å²) in [6.45, 7) is 10.8. The number of piperidine rings is 1. The fourth-order valence-corrected chi connectivity index (χ4v) is 10.9. The number of aromatic amines is 1. The number of halogens is 2. The number of alkyl halides is 1. The van der Waals surface area contributed by atoms with Crippen molar-refractivity contribution in [2.75, 3.05) is 70.5 Å². The van der Waals surface area contributed by atoms with Crippen LogP contribution < -0.4 is 14.4 Å². The van der Waals surface area contributed by atoms with Gasteiger partial charge in [0.2, 0.25) is 0 Å². The highest BCUT2D eigenvalue weighted by Crippen LogP contribution is 2.44. The Kier molecular flexibility index (Phi) is 12.2. The highest BCUT2D eigenvalue weighted by Gasteiger charge is 2.39. The molecule has 15 nitrogen and oxygen atoms in total. The monoisotopic (exact) mass is 949 g/mol. The van der Waals surface area contributed by atoms with Gasteiger partial charge in [0.05, 0.1) is 40.9 Å². The second-order valence-electron chi connectivity index (χ2n) is 19.1. The lowest BCUT2D eigenvalue weighted by Crippen LogP contribution is -2.55. The number of amides is 1. The van der Waals surface area contributed by atoms with E-state index in [1.165, 1.54) is 28.8 Å². The van der Waals surface area contributed by atoms with Gasteiger partial charge in [-0.2, -0.15) is 0 Å². The molecule has 6 aromatic rings. The molecule has 4 aliphatic rings. The van der Waals surface area contributed by atoms with E-state index >= 15 is 4.39 Å². The first kappa shape index (κ1) is 45.1. The number of H-pyrrole nitrogens is 1. The number of nitrogens with zero attached hydrogens (tertiary/aromatic N) is 7. The molecule has 3 aromatic carbocycles. The van der Waals surface area contributed by atoms with Crippen LogP contribution in [0.15, 0.2) is 101 Å². The van der Waals surface area contributed by atoms with Gasteiger partial charge in [-0.1, -0.05) is 43.2 Å². The van der Waals surface area contributed by atoms with Crippen LogP contribution in [0.1, 0.15) is 61.9 Å². The number of hydrogen-bond donors (Lipinski definition) is 2. The van der Waals surface area contributed by atoms with Crippen molar-refractivity contribution in [3.05, 3.63) is 112 Å². The Balaban J connectivity index is 0.877. The number of ether oxygens (including phenoxy) is 2. The van der Waals surface area contributed by atoms with Gasteiger partial charge in [-0.05, 0) is 114 Å². The Bertz CT molecular complexity index is 2990. The van der Waals surface area contributed by atoms with E-state index in [1.54, 1.807) is 23.1 Å². The standard InChI is InChI=1S/C49H53ClFN9O6S/c1-48(2)13-11-34(40(26-48)32-3-5-35(50)6-4-32)28-57-19-21-59(22-20-57)36-7-9-39(43(24-36)60-44-23-33-12-16-52-46(33)54-42(44)27-53-60)47(61)56-67(63,64)38-8-10-45(41(25-38)55-62)66-31-49(51)14-17-58(18-15-49)37-29-65-30-37/h3-10,12,16,23-25,27,37,53H,11,13-15,17-22,26,28-31H2,1-2H3,(H,56,61). The molecule has 1 amide bonds. The number of fused-ring (bicyclic) bond motifs is 2. The molecule has 10 rings (SSSR count). The van der Waals surface area contributed by atoms with Crippen LogP contribution in [0.25, 0.3) is 33.3 Å². The molecule has 18 heteroatoms. The number of nitrogens with one attached hydrogen (secondary N) is 2. The summed E-state index contributed by atoms with van der Waals surface area (Å²) in [5.74, 6) is -0.951. The summed E-state index contributed by atoms with van der Waals surface area (Å²) >= 11 is 6.26. The average Bonchev–Trinajstić information content (AvgIpc) is 3.95. The highest BCUT2D eigenvalue weighted by atomic mass is 35.5. The van der Waals surface area contributed by atoms with Crippen LogP contribution in [-0.4, -0.2) is 121 Å². The fraction of sp³-hybridized carbons (Fsp3) is 0.408. The van der Waals surface area contributed by atoms with Gasteiger partial charge in [-0.25, -0.2) is 27.5 Å². The lowest BCUT2D eigenvalue weighted by Gasteiger charge is -2.43. The van der Waals surface area contributed by atoms with Crippen LogP contribution in [0, 0.1) is 10.3 Å². The molecule has 0 unspecified atom stereocenters. The molecule has 1 aliphatic carbocycles. The first-order chi connectivity index (χ1) is 32.2. The summed E-state index contributed by atoms with van der Waals surface area (Å²) in [6.07, 6.45) is 7.08. The molecule has 350 valence electrons. The summed E-state index contributed by atoms with van der Waals surface area (Å²) in [4.78, 5) is 41.9. The minimum atomic E-state index is -4.55. The van der Waals surface area contributed by atoms with Gasteiger partial charge >= 0.3 is 0 Å². The Labute approximate surface area is 393 Å². The molecular weight excluding hydrogens is 897 g/mol. The molecule has 3 fully saturated rings. The minimum Gasteiger partial charge on any atom is -0.488 e. The van der Waals surface area contributed by atoms with Gasteiger partial charge in [0.25, 0.3) is 15.9 Å². The molecule has 3 aromatic heterocycles. The van der Waals surface area contributed by atoms with E-state index < -0.39 is 21.6 Å². The smallest absolute Gasteiger partial charge is 0.267 e. The van der Waals surface area contributed by atoms with Gasteiger partial charge in [0.1, 0.15) is 23.5 Å². The maximum Gasteiger partial charge on any atom is 0.267 e. The number of aromatic nitrogens is 4. The Hall–Kier alpha value is -5.72. The Morgan fingerprint density at radius 2 is 1.76 bits per heavy atom. The highest BCUT2D eigenvalue weighted by molar-refractivity contribution is 7.90. The normalized spacial score (nSPS) is 19.4. The number of piperazine rings is 1. The van der Waals surface area contributed by atoms with Crippen molar-refractivity contribution < 1.29 is 27.1 Å². The van der Waals surface area contributed by atoms with Gasteiger partial charge in [0.15, 0.2) is 11.3 Å². The number of benzene rings is 3. The van der Waals surface area contributed by atoms with Crippen LogP contribution in [0.3, 0.4) is 0 Å². The van der Waals surface area contributed by atoms with Crippen molar-refractivity contribution in [3.8, 4) is 11.4 Å². The lowest BCUT2D eigenvalue weighted by atomic mass is 9.72. The quantitative estimate of drug-likeness (QED) is 0.107. The van der Waals surface area contributed by atoms with Crippen LogP contribution >= 0.6 is 11.6 Å². The predicted octanol–water partition coefficient (Wildman–Crippen LogP) is 8.44. The Morgan fingerprint density at radius 1 is 0.985 bits per heavy atom. The number of carbonyl (C=O) groups is 1. The average molecular weight is 951 g/mol. The maximum atomic E-state index is 15.8. The van der Waals surface area contributed by atoms with Crippen molar-refractivity contribution >= 4 is 66.5 Å². The van der Waals surface area contributed by atoms with Crippen molar-refractivity contribution in [3.63, 3.8) is 0 Å². The third kappa shape index (κ3) is 9.44. The van der Waals surface area contributed by atoms with Crippen molar-refractivity contribution in [2.45, 2.75) is 62.6 Å². The molecule has 2 N–H and O–H groups in total. The predicted molar refractivity (Wildman–Crippen MR) is 257 cm³/mol. The first-order valence-corrected chi connectivity index (χ1v) is 24.7. The molecule has 3 aliphatic heterocycles. The van der Waals surface area contributed by atoms with Gasteiger partial charge < -0.3 is 14.4 Å². The molecule has 0 atom stereocenters. The number of likely N-dealkylation sites (tertiary alicyclic amines) is 1. The summed E-state index contributed by atoms with van der Waals surface area (Å²) < 4.78 is 58.5. The van der Waals surface area contributed by atoms with Gasteiger partial charge in [-0.15, -0.1) is 4.91 Å². The number of carbonyl (C=O) groups excluding carboxylic acids is 1. The molecule has 3 saturated heterocycles. The van der Waals surface area contributed by atoms with E-state index in [1.807, 2.05) is 36.4 Å². The second-order valence-corrected chi connectivity index (χ2v) is 21.2. The van der Waals surface area contributed by atoms with Gasteiger partial charge in [-0.3, -0.25) is 24.4 Å². The summed E-state index contributed by atoms with van der Waals surface area (Å²) in [5.41, 5.74) is 5.55. The van der Waals surface area contributed by atoms with E-state index in [4.69, 9.17) is 21.1 Å². The minimum absolute atomic E-state index is 0.0543. The van der Waals surface area contributed by atoms with E-state index in [0.717, 1.165) is 74.1 Å². The van der Waals surface area contributed by atoms with Crippen LogP contribution in [0.2, 0.25) is 5.02 Å². The summed E-state index contributed by atoms with van der Waals surface area (Å²) in [6, 6.07) is 21.1. The molecule has 6 heterocycles. The summed E-state index contributed by atoms with van der Waals surface area (Å²) in [5, 5.41) is 7.76. The number of hydrogen-bond acceptors (Lipinski definition) is 12. The molecule has 0 saturated carbocycles. The zero-order valence-electron chi connectivity index (χ0n) is 37.5. The maximum absolute atomic E-state index is 15.8. The van der Waals surface area contributed by atoms with Crippen LogP contribution in [0.5, 0.6) is 5.75 Å². The number of anilines is 1. The first-order valence-electron chi connectivity index (χ1n) is 22.8. The molecule has 0 bridgehead atoms. The zero-order valence-corrected chi connectivity index (χ0v) is 39.1. The van der Waals surface area contributed by atoms with Gasteiger partial charge in [0, 0.05) is 74.3 Å². The van der Waals surface area contributed by atoms with Crippen LogP contribution in [-0.2, 0) is 14.8 Å². The summed E-state index contributed by atoms with van der Waals surface area (Å²) in [7, 11) is -4.55. The molecule has 0 radical (unpaired) electrons. The van der Waals surface area contributed by atoms with Crippen molar-refractivity contribution in [1.29, 1.82) is 0 Å². The lowest BCUT2D eigenvalue weighted by molar-refractivity contribution is -0.0890. The topological polar surface area (TPSA) is 167 Å². The molecule has 67 heavy (non-hydrogen) atoms. The van der Waals surface area contributed by atoms with E-state index in [9.17, 15) is 18.1 Å². The zero-order chi connectivity index (χ0) is 46.5. The molecule has 0 spiro atoms. The van der Waals surface area contributed by atoms with E-state index in [2.05, 4.69) is 65.6 Å². The van der Waals surface area contributed by atoms with Crippen LogP contribution in [0.4, 0.5) is 15.8 Å². The number of rotatable bonds is 13. The largest absolute Gasteiger partial charge is 0.488 e. The third-order valence-electron chi connectivity index (χ3n) is 13.9. The van der Waals surface area contributed by atoms with Crippen molar-refractivity contribution in [2.24, 2.45) is 10.6 Å². The van der Waals surface area contributed by atoms with Crippen molar-refractivity contribution in [1.82, 2.24) is 34.3 Å². The Morgan fingerprint density at radius 3 is 2.49 bits per heavy atom. The number of allylic oxidation sites excluding steroid dienone is 1. The number of sulfonamides is 1. The SMILES string of the molecule is CC1(C)CCC(CN2CCN(c3ccc(C(=O)NS(=O)(=O)c4ccc(OCC5(F)CCN(C6COC6)CC5)c(N=O)c4)c(-n4[nH]cc5nc6nccc6cc54)c3)CC2)=C(c2ccc(Cl)cc2)C1. The number of nitroso groups, excluding NO2 is 1.